The van der Waals surface area contributed by atoms with Gasteiger partial charge in [-0.25, -0.2) is 9.18 Å². The Morgan fingerprint density at radius 1 is 1.10 bits per heavy atom. The van der Waals surface area contributed by atoms with Gasteiger partial charge in [0.1, 0.15) is 5.82 Å². The average molecular weight is 463 g/mol. The number of hydrogen-bond acceptors (Lipinski definition) is 6. The van der Waals surface area contributed by atoms with E-state index in [9.17, 15) is 13.8 Å². The minimum atomic E-state index is -3.98. The second-order valence-corrected chi connectivity index (χ2v) is 8.14. The fourth-order valence-electron chi connectivity index (χ4n) is 2.19. The number of hydrogen-bond donors (Lipinski definition) is 1. The van der Waals surface area contributed by atoms with E-state index in [1.165, 1.54) is 36.4 Å². The lowest BCUT2D eigenvalue weighted by Crippen LogP contribution is -2.14. The highest BCUT2D eigenvalue weighted by atomic mass is 35.5. The van der Waals surface area contributed by atoms with Gasteiger partial charge in [0.05, 0.1) is 23.3 Å². The Hall–Kier alpha value is -1.96. The van der Waals surface area contributed by atoms with Crippen LogP contribution in [0, 0.1) is 5.82 Å². The van der Waals surface area contributed by atoms with E-state index in [1.807, 2.05) is 0 Å². The molecule has 0 spiro atoms. The van der Waals surface area contributed by atoms with E-state index in [0.29, 0.717) is 10.7 Å². The molecule has 1 N–H and O–H groups in total. The van der Waals surface area contributed by atoms with Crippen LogP contribution in [-0.2, 0) is 18.5 Å². The zero-order chi connectivity index (χ0) is 21.4. The van der Waals surface area contributed by atoms with Gasteiger partial charge in [-0.1, -0.05) is 40.5 Å². The van der Waals surface area contributed by atoms with Gasteiger partial charge in [-0.2, -0.15) is 0 Å². The Balaban J connectivity index is 2.32. The number of rotatable bonds is 8. The summed E-state index contributed by atoms with van der Waals surface area (Å²) < 4.78 is 37.3. The summed E-state index contributed by atoms with van der Waals surface area (Å²) in [6.07, 6.45) is -1.00. The molecule has 7 nitrogen and oxygen atoms in total. The van der Waals surface area contributed by atoms with Crippen LogP contribution in [0.15, 0.2) is 47.6 Å². The molecule has 1 amide bonds. The highest BCUT2D eigenvalue weighted by Crippen LogP contribution is 2.51. The van der Waals surface area contributed by atoms with Crippen molar-refractivity contribution in [3.63, 3.8) is 0 Å². The first-order valence-electron chi connectivity index (χ1n) is 8.45. The quantitative estimate of drug-likeness (QED) is 0.215. The van der Waals surface area contributed by atoms with Gasteiger partial charge in [-0.05, 0) is 44.2 Å². The Labute approximate surface area is 177 Å². The molecule has 2 aromatic rings. The van der Waals surface area contributed by atoms with Crippen molar-refractivity contribution in [3.05, 3.63) is 63.9 Å². The number of oxime groups is 1. The fourth-order valence-corrected chi connectivity index (χ4v) is 4.08. The summed E-state index contributed by atoms with van der Waals surface area (Å²) in [6, 6.07) is 9.49. The van der Waals surface area contributed by atoms with Crippen LogP contribution in [0.25, 0.3) is 0 Å². The highest BCUT2D eigenvalue weighted by molar-refractivity contribution is 7.73. The maximum atomic E-state index is 13.7. The molecular formula is C18H18Cl2FN2O5P. The molecule has 0 radical (unpaired) electrons. The first-order chi connectivity index (χ1) is 13.8. The van der Waals surface area contributed by atoms with Gasteiger partial charge >= 0.3 is 13.7 Å². The van der Waals surface area contributed by atoms with Crippen molar-refractivity contribution >= 4 is 48.0 Å². The van der Waals surface area contributed by atoms with Crippen LogP contribution in [-0.4, -0.2) is 24.8 Å². The lowest BCUT2D eigenvalue weighted by atomic mass is 10.2. The Kier molecular flexibility index (Phi) is 8.61. The van der Waals surface area contributed by atoms with Crippen molar-refractivity contribution in [1.29, 1.82) is 0 Å². The summed E-state index contributed by atoms with van der Waals surface area (Å²) in [5.41, 5.74) is 0.0345. The van der Waals surface area contributed by atoms with Gasteiger partial charge in [0.2, 0.25) is 0 Å². The largest absolute Gasteiger partial charge is 0.437 e. The van der Waals surface area contributed by atoms with Crippen LogP contribution in [0.5, 0.6) is 0 Å². The molecule has 0 aliphatic carbocycles. The molecule has 0 unspecified atom stereocenters. The fraction of sp³-hybridized carbons (Fsp3) is 0.222. The molecule has 0 aliphatic rings. The van der Waals surface area contributed by atoms with Crippen molar-refractivity contribution in [2.75, 3.05) is 18.5 Å². The molecule has 0 bridgehead atoms. The monoisotopic (exact) mass is 462 g/mol. The maximum absolute atomic E-state index is 13.7. The highest BCUT2D eigenvalue weighted by Gasteiger charge is 2.34. The third kappa shape index (κ3) is 6.52. The molecule has 2 aromatic carbocycles. The number of carbonyl (C=O) groups is 1. The molecule has 0 aliphatic heterocycles. The minimum absolute atomic E-state index is 0.0289. The molecule has 0 saturated heterocycles. The van der Waals surface area contributed by atoms with E-state index in [2.05, 4.69) is 10.5 Å². The first-order valence-corrected chi connectivity index (χ1v) is 10.8. The summed E-state index contributed by atoms with van der Waals surface area (Å²) in [6.45, 7) is 3.27. The van der Waals surface area contributed by atoms with Crippen molar-refractivity contribution in [2.45, 2.75) is 13.8 Å². The lowest BCUT2D eigenvalue weighted by molar-refractivity contribution is 0.166. The van der Waals surface area contributed by atoms with Gasteiger partial charge in [0.15, 0.2) is 5.45 Å². The second kappa shape index (κ2) is 10.7. The van der Waals surface area contributed by atoms with Gasteiger partial charge in [-0.15, -0.1) is 0 Å². The number of nitrogens with zero attached hydrogens (tertiary/aromatic N) is 1. The van der Waals surface area contributed by atoms with E-state index in [1.54, 1.807) is 13.8 Å². The minimum Gasteiger partial charge on any atom is -0.304 e. The average Bonchev–Trinajstić information content (AvgIpc) is 2.65. The summed E-state index contributed by atoms with van der Waals surface area (Å²) in [7, 11) is -3.98. The summed E-state index contributed by atoms with van der Waals surface area (Å²) >= 11 is 11.7. The van der Waals surface area contributed by atoms with E-state index in [4.69, 9.17) is 37.1 Å². The Morgan fingerprint density at radius 3 is 2.38 bits per heavy atom. The molecule has 29 heavy (non-hydrogen) atoms. The Morgan fingerprint density at radius 2 is 1.79 bits per heavy atom. The van der Waals surface area contributed by atoms with Gasteiger partial charge in [-0.3, -0.25) is 14.7 Å². The molecule has 2 rings (SSSR count). The van der Waals surface area contributed by atoms with E-state index in [0.717, 1.165) is 6.07 Å². The molecule has 11 heteroatoms. The molecule has 0 saturated carbocycles. The van der Waals surface area contributed by atoms with Gasteiger partial charge in [0, 0.05) is 11.3 Å². The zero-order valence-corrected chi connectivity index (χ0v) is 17.9. The van der Waals surface area contributed by atoms with Gasteiger partial charge < -0.3 is 9.05 Å². The normalized spacial score (nSPS) is 12.0. The van der Waals surface area contributed by atoms with Crippen molar-refractivity contribution in [1.82, 2.24) is 0 Å². The molecule has 0 fully saturated rings. The van der Waals surface area contributed by atoms with E-state index < -0.39 is 19.5 Å². The number of benzene rings is 2. The van der Waals surface area contributed by atoms with Crippen molar-refractivity contribution in [2.24, 2.45) is 5.16 Å². The number of amides is 1. The van der Waals surface area contributed by atoms with Crippen LogP contribution in [0.2, 0.25) is 10.0 Å². The van der Waals surface area contributed by atoms with Crippen LogP contribution in [0.4, 0.5) is 14.9 Å². The van der Waals surface area contributed by atoms with Crippen LogP contribution in [0.1, 0.15) is 19.4 Å². The molecule has 0 atom stereocenters. The third-order valence-corrected chi connectivity index (χ3v) is 6.12. The van der Waals surface area contributed by atoms with E-state index >= 15 is 0 Å². The number of carbonyl (C=O) groups excluding carboxylic acids is 1. The number of nitrogens with one attached hydrogen (secondary N) is 1. The topological polar surface area (TPSA) is 86.2 Å². The first kappa shape index (κ1) is 23.3. The Bertz CT molecular complexity index is 948. The molecule has 0 aromatic heterocycles. The van der Waals surface area contributed by atoms with Crippen LogP contribution in [0.3, 0.4) is 0 Å². The molecule has 156 valence electrons. The number of halogens is 3. The SMILES string of the molecule is CCOP(=O)(OCC)C(=NOC(=O)Nc1ccc(Cl)c(Cl)c1)c1cccc(F)c1. The standard InChI is InChI=1S/C18H18Cl2FN2O5P/c1-3-26-29(25,27-4-2)17(12-6-5-7-13(21)10-12)23-28-18(24)22-14-8-9-15(19)16(20)11-14/h5-11H,3-4H2,1-2H3,(H,22,24). The van der Waals surface area contributed by atoms with Crippen molar-refractivity contribution in [3.8, 4) is 0 Å². The molecule has 0 heterocycles. The zero-order valence-electron chi connectivity index (χ0n) is 15.5. The molecular weight excluding hydrogens is 445 g/mol. The lowest BCUT2D eigenvalue weighted by Gasteiger charge is -2.18. The third-order valence-electron chi connectivity index (χ3n) is 3.32. The van der Waals surface area contributed by atoms with Gasteiger partial charge in [0.25, 0.3) is 0 Å². The summed E-state index contributed by atoms with van der Waals surface area (Å²) in [5.74, 6) is -0.602. The maximum Gasteiger partial charge on any atom is 0.437 e. The van der Waals surface area contributed by atoms with Crippen LogP contribution < -0.4 is 5.32 Å². The predicted octanol–water partition coefficient (Wildman–Crippen LogP) is 6.31. The summed E-state index contributed by atoms with van der Waals surface area (Å²) in [4.78, 5) is 16.9. The van der Waals surface area contributed by atoms with Crippen molar-refractivity contribution < 1.29 is 27.6 Å². The van der Waals surface area contributed by atoms with Crippen LogP contribution >= 0.6 is 30.8 Å². The smallest absolute Gasteiger partial charge is 0.304 e. The number of anilines is 1. The van der Waals surface area contributed by atoms with E-state index in [-0.39, 0.29) is 29.3 Å². The summed E-state index contributed by atoms with van der Waals surface area (Å²) in [5, 5.41) is 6.57. The second-order valence-electron chi connectivity index (χ2n) is 5.39. The predicted molar refractivity (Wildman–Crippen MR) is 110 cm³/mol.